The molecule has 1 atom stereocenters. The van der Waals surface area contributed by atoms with Crippen LogP contribution in [0.15, 0.2) is 42.6 Å². The minimum absolute atomic E-state index is 0.132. The summed E-state index contributed by atoms with van der Waals surface area (Å²) in [4.78, 5) is 4.31. The number of rotatable bonds is 6. The van der Waals surface area contributed by atoms with Gasteiger partial charge in [-0.05, 0) is 55.2 Å². The molecule has 0 aliphatic carbocycles. The van der Waals surface area contributed by atoms with Crippen LogP contribution >= 0.6 is 23.2 Å². The van der Waals surface area contributed by atoms with Crippen molar-refractivity contribution < 1.29 is 0 Å². The number of aromatic nitrogens is 1. The zero-order chi connectivity index (χ0) is 14.4. The van der Waals surface area contributed by atoms with Crippen LogP contribution in [-0.2, 0) is 12.8 Å². The third kappa shape index (κ3) is 4.46. The first-order valence-corrected chi connectivity index (χ1v) is 7.24. The molecule has 0 amide bonds. The number of aryl methyl sites for hydroxylation is 1. The van der Waals surface area contributed by atoms with Gasteiger partial charge in [-0.15, -0.1) is 0 Å². The number of halogens is 2. The summed E-state index contributed by atoms with van der Waals surface area (Å²) in [5, 5.41) is 1.40. The molecule has 0 spiro atoms. The number of benzene rings is 1. The van der Waals surface area contributed by atoms with Crippen LogP contribution in [0.2, 0.25) is 10.0 Å². The maximum absolute atomic E-state index is 6.17. The molecule has 5 heteroatoms. The van der Waals surface area contributed by atoms with E-state index in [0.29, 0.717) is 10.0 Å². The van der Waals surface area contributed by atoms with Gasteiger partial charge in [0.1, 0.15) is 0 Å². The lowest BCUT2D eigenvalue weighted by molar-refractivity contribution is 0.489. The second-order valence-corrected chi connectivity index (χ2v) is 5.51. The average molecular weight is 310 g/mol. The van der Waals surface area contributed by atoms with E-state index >= 15 is 0 Å². The van der Waals surface area contributed by atoms with E-state index < -0.39 is 0 Å². The number of nitrogens with one attached hydrogen (secondary N) is 1. The van der Waals surface area contributed by atoms with Gasteiger partial charge in [0.2, 0.25) is 0 Å². The first kappa shape index (κ1) is 15.3. The van der Waals surface area contributed by atoms with E-state index in [-0.39, 0.29) is 6.04 Å². The Labute approximate surface area is 129 Å². The van der Waals surface area contributed by atoms with Crippen molar-refractivity contribution in [3.8, 4) is 0 Å². The van der Waals surface area contributed by atoms with E-state index in [4.69, 9.17) is 29.0 Å². The highest BCUT2D eigenvalue weighted by molar-refractivity contribution is 6.33. The van der Waals surface area contributed by atoms with E-state index in [1.165, 1.54) is 0 Å². The lowest BCUT2D eigenvalue weighted by atomic mass is 10.0. The molecule has 3 nitrogen and oxygen atoms in total. The molecule has 20 heavy (non-hydrogen) atoms. The summed E-state index contributed by atoms with van der Waals surface area (Å²) in [7, 11) is 0. The molecular weight excluding hydrogens is 293 g/mol. The van der Waals surface area contributed by atoms with Crippen LogP contribution in [0.3, 0.4) is 0 Å². The van der Waals surface area contributed by atoms with E-state index in [9.17, 15) is 0 Å². The van der Waals surface area contributed by atoms with Crippen LogP contribution in [0.4, 0.5) is 0 Å². The highest BCUT2D eigenvalue weighted by Gasteiger charge is 2.11. The lowest BCUT2D eigenvalue weighted by Gasteiger charge is -2.16. The van der Waals surface area contributed by atoms with Crippen molar-refractivity contribution >= 4 is 23.2 Å². The predicted octanol–water partition coefficient (Wildman–Crippen LogP) is 3.40. The van der Waals surface area contributed by atoms with Crippen LogP contribution in [-0.4, -0.2) is 11.0 Å². The molecule has 0 fully saturated rings. The highest BCUT2D eigenvalue weighted by atomic mass is 35.5. The van der Waals surface area contributed by atoms with Crippen molar-refractivity contribution in [2.75, 3.05) is 0 Å². The van der Waals surface area contributed by atoms with Crippen LogP contribution in [0.25, 0.3) is 0 Å². The molecule has 0 aliphatic heterocycles. The molecule has 1 unspecified atom stereocenters. The second kappa shape index (κ2) is 7.60. The molecule has 2 rings (SSSR count). The standard InChI is InChI=1S/C15H17Cl2N3/c16-12-4-7-15(17)11(9-12)10-14(20-18)6-5-13-3-1-2-8-19-13/h1-4,7-9,14,20H,5-6,10,18H2. The fraction of sp³-hybridized carbons (Fsp3) is 0.267. The molecule has 1 heterocycles. The summed E-state index contributed by atoms with van der Waals surface area (Å²) < 4.78 is 0. The highest BCUT2D eigenvalue weighted by Crippen LogP contribution is 2.22. The van der Waals surface area contributed by atoms with Crippen molar-refractivity contribution in [2.45, 2.75) is 25.3 Å². The van der Waals surface area contributed by atoms with Crippen molar-refractivity contribution in [1.29, 1.82) is 0 Å². The molecule has 106 valence electrons. The fourth-order valence-corrected chi connectivity index (χ4v) is 2.47. The topological polar surface area (TPSA) is 50.9 Å². The van der Waals surface area contributed by atoms with Gasteiger partial charge >= 0.3 is 0 Å². The Morgan fingerprint density at radius 2 is 2.05 bits per heavy atom. The molecule has 0 saturated heterocycles. The fourth-order valence-electron chi connectivity index (χ4n) is 2.08. The zero-order valence-corrected chi connectivity index (χ0v) is 12.5. The third-order valence-corrected chi connectivity index (χ3v) is 3.79. The first-order valence-electron chi connectivity index (χ1n) is 6.49. The monoisotopic (exact) mass is 309 g/mol. The molecular formula is C15H17Cl2N3. The lowest BCUT2D eigenvalue weighted by Crippen LogP contribution is -2.37. The Bertz CT molecular complexity index is 546. The van der Waals surface area contributed by atoms with Crippen LogP contribution in [0.1, 0.15) is 17.7 Å². The molecule has 0 bridgehead atoms. The minimum Gasteiger partial charge on any atom is -0.271 e. The van der Waals surface area contributed by atoms with Gasteiger partial charge in [0.15, 0.2) is 0 Å². The Balaban J connectivity index is 1.97. The van der Waals surface area contributed by atoms with Gasteiger partial charge in [-0.1, -0.05) is 29.3 Å². The van der Waals surface area contributed by atoms with Gasteiger partial charge in [-0.25, -0.2) is 0 Å². The second-order valence-electron chi connectivity index (χ2n) is 4.66. The number of nitrogens with zero attached hydrogens (tertiary/aromatic N) is 1. The van der Waals surface area contributed by atoms with Gasteiger partial charge in [0.25, 0.3) is 0 Å². The van der Waals surface area contributed by atoms with Gasteiger partial charge < -0.3 is 0 Å². The van der Waals surface area contributed by atoms with E-state index in [1.54, 1.807) is 12.3 Å². The quantitative estimate of drug-likeness (QED) is 0.635. The molecule has 2 aromatic rings. The van der Waals surface area contributed by atoms with Crippen molar-refractivity contribution in [1.82, 2.24) is 10.4 Å². The number of hydrogen-bond acceptors (Lipinski definition) is 3. The van der Waals surface area contributed by atoms with Gasteiger partial charge in [-0.3, -0.25) is 16.3 Å². The van der Waals surface area contributed by atoms with Gasteiger partial charge in [-0.2, -0.15) is 0 Å². The molecule has 0 saturated carbocycles. The molecule has 0 aliphatic rings. The average Bonchev–Trinajstić information content (AvgIpc) is 2.48. The first-order chi connectivity index (χ1) is 9.69. The number of nitrogens with two attached hydrogens (primary N) is 1. The van der Waals surface area contributed by atoms with E-state index in [2.05, 4.69) is 10.4 Å². The smallest absolute Gasteiger partial charge is 0.0439 e. The largest absolute Gasteiger partial charge is 0.271 e. The predicted molar refractivity (Wildman–Crippen MR) is 83.8 cm³/mol. The van der Waals surface area contributed by atoms with Crippen molar-refractivity contribution in [3.05, 3.63) is 63.9 Å². The molecule has 3 N–H and O–H groups in total. The van der Waals surface area contributed by atoms with E-state index in [0.717, 1.165) is 30.5 Å². The minimum atomic E-state index is 0.132. The normalized spacial score (nSPS) is 12.3. The molecule has 1 aromatic carbocycles. The number of hydrogen-bond donors (Lipinski definition) is 2. The zero-order valence-electron chi connectivity index (χ0n) is 11.0. The third-order valence-electron chi connectivity index (χ3n) is 3.18. The van der Waals surface area contributed by atoms with E-state index in [1.807, 2.05) is 30.3 Å². The van der Waals surface area contributed by atoms with Crippen molar-refractivity contribution in [2.24, 2.45) is 5.84 Å². The summed E-state index contributed by atoms with van der Waals surface area (Å²) in [5.74, 6) is 5.63. The van der Waals surface area contributed by atoms with Gasteiger partial charge in [0.05, 0.1) is 0 Å². The molecule has 0 radical (unpaired) electrons. The van der Waals surface area contributed by atoms with Crippen LogP contribution in [0, 0.1) is 0 Å². The van der Waals surface area contributed by atoms with Crippen molar-refractivity contribution in [3.63, 3.8) is 0 Å². The summed E-state index contributed by atoms with van der Waals surface area (Å²) in [6.45, 7) is 0. The summed E-state index contributed by atoms with van der Waals surface area (Å²) in [5.41, 5.74) is 4.90. The summed E-state index contributed by atoms with van der Waals surface area (Å²) >= 11 is 12.2. The summed E-state index contributed by atoms with van der Waals surface area (Å²) in [6.07, 6.45) is 4.29. The molecule has 1 aromatic heterocycles. The number of hydrazine groups is 1. The maximum Gasteiger partial charge on any atom is 0.0439 e. The Hall–Kier alpha value is -1.13. The Morgan fingerprint density at radius 3 is 2.75 bits per heavy atom. The Morgan fingerprint density at radius 1 is 1.20 bits per heavy atom. The Kier molecular flexibility index (Phi) is 5.80. The number of pyridine rings is 1. The van der Waals surface area contributed by atoms with Crippen LogP contribution in [0.5, 0.6) is 0 Å². The van der Waals surface area contributed by atoms with Crippen LogP contribution < -0.4 is 11.3 Å². The SMILES string of the molecule is NNC(CCc1ccccn1)Cc1cc(Cl)ccc1Cl. The van der Waals surface area contributed by atoms with Gasteiger partial charge in [0, 0.05) is 28.0 Å². The maximum atomic E-state index is 6.17. The summed E-state index contributed by atoms with van der Waals surface area (Å²) in [6, 6.07) is 11.5.